The van der Waals surface area contributed by atoms with Gasteiger partial charge in [-0.25, -0.2) is 0 Å². The molecule has 1 aromatic rings. The predicted molar refractivity (Wildman–Crippen MR) is 61.9 cm³/mol. The summed E-state index contributed by atoms with van der Waals surface area (Å²) in [5.74, 6) is -0.0494. The number of ether oxygens (including phenoxy) is 1. The highest BCUT2D eigenvalue weighted by molar-refractivity contribution is 9.10. The fourth-order valence-electron chi connectivity index (χ4n) is 1.42. The zero-order chi connectivity index (χ0) is 10.8. The number of hydrogen-bond donors (Lipinski definition) is 1. The van der Waals surface area contributed by atoms with Crippen LogP contribution in [-0.2, 0) is 9.53 Å². The van der Waals surface area contributed by atoms with Crippen LogP contribution in [0.15, 0.2) is 22.7 Å². The van der Waals surface area contributed by atoms with E-state index in [2.05, 4.69) is 21.2 Å². The van der Waals surface area contributed by atoms with Crippen LogP contribution in [0, 0.1) is 6.92 Å². The van der Waals surface area contributed by atoms with Gasteiger partial charge >= 0.3 is 0 Å². The summed E-state index contributed by atoms with van der Waals surface area (Å²) < 4.78 is 6.12. The first kappa shape index (κ1) is 10.6. The van der Waals surface area contributed by atoms with Crippen LogP contribution in [0.2, 0.25) is 0 Å². The molecule has 0 radical (unpaired) electrons. The van der Waals surface area contributed by atoms with Crippen molar-refractivity contribution in [2.75, 3.05) is 11.9 Å². The van der Waals surface area contributed by atoms with Crippen molar-refractivity contribution in [3.05, 3.63) is 28.2 Å². The average molecular weight is 270 g/mol. The Kier molecular flexibility index (Phi) is 3.07. The van der Waals surface area contributed by atoms with Crippen molar-refractivity contribution >= 4 is 27.5 Å². The Balaban J connectivity index is 2.06. The molecule has 0 saturated carbocycles. The Labute approximate surface area is 96.9 Å². The van der Waals surface area contributed by atoms with Gasteiger partial charge in [0.15, 0.2) is 0 Å². The first-order valence-corrected chi connectivity index (χ1v) is 5.65. The van der Waals surface area contributed by atoms with Gasteiger partial charge in [-0.1, -0.05) is 15.9 Å². The molecular formula is C11H12BrNO2. The maximum atomic E-state index is 11.6. The third-order valence-corrected chi connectivity index (χ3v) is 2.93. The molecule has 80 valence electrons. The van der Waals surface area contributed by atoms with Gasteiger partial charge in [0.05, 0.1) is 6.61 Å². The number of rotatable bonds is 2. The average Bonchev–Trinajstić information content (AvgIpc) is 2.07. The highest BCUT2D eigenvalue weighted by Crippen LogP contribution is 2.21. The summed E-state index contributed by atoms with van der Waals surface area (Å²) in [5, 5.41) is 2.85. The Morgan fingerprint density at radius 1 is 1.60 bits per heavy atom. The summed E-state index contributed by atoms with van der Waals surface area (Å²) in [5.41, 5.74) is 1.88. The molecule has 1 atom stereocenters. The maximum absolute atomic E-state index is 11.6. The minimum atomic E-state index is -0.256. The van der Waals surface area contributed by atoms with Crippen molar-refractivity contribution in [3.63, 3.8) is 0 Å². The minimum absolute atomic E-state index is 0.0494. The van der Waals surface area contributed by atoms with Gasteiger partial charge in [-0.05, 0) is 30.7 Å². The van der Waals surface area contributed by atoms with Gasteiger partial charge in [0.1, 0.15) is 6.10 Å². The molecule has 1 amide bonds. The lowest BCUT2D eigenvalue weighted by Crippen LogP contribution is -2.39. The summed E-state index contributed by atoms with van der Waals surface area (Å²) in [6, 6.07) is 5.76. The lowest BCUT2D eigenvalue weighted by atomic mass is 10.1. The molecule has 0 bridgehead atoms. The van der Waals surface area contributed by atoms with Gasteiger partial charge in [0.2, 0.25) is 0 Å². The van der Waals surface area contributed by atoms with Crippen molar-refractivity contribution in [1.29, 1.82) is 0 Å². The zero-order valence-electron chi connectivity index (χ0n) is 8.42. The molecule has 0 unspecified atom stereocenters. The second-order valence-electron chi connectivity index (χ2n) is 3.60. The van der Waals surface area contributed by atoms with Crippen LogP contribution in [0.4, 0.5) is 5.69 Å². The Morgan fingerprint density at radius 2 is 2.33 bits per heavy atom. The van der Waals surface area contributed by atoms with Crippen molar-refractivity contribution in [1.82, 2.24) is 0 Å². The molecule has 0 aliphatic carbocycles. The molecule has 4 heteroatoms. The first-order chi connectivity index (χ1) is 7.16. The molecular weight excluding hydrogens is 258 g/mol. The molecule has 15 heavy (non-hydrogen) atoms. The fraction of sp³-hybridized carbons (Fsp3) is 0.364. The quantitative estimate of drug-likeness (QED) is 0.896. The SMILES string of the molecule is Cc1cc(Br)ccc1NC(=O)[C@H]1CCO1. The molecule has 1 aliphatic heterocycles. The van der Waals surface area contributed by atoms with E-state index in [1.807, 2.05) is 25.1 Å². The number of anilines is 1. The molecule has 2 rings (SSSR count). The number of hydrogen-bond acceptors (Lipinski definition) is 2. The largest absolute Gasteiger partial charge is 0.368 e. The molecule has 1 saturated heterocycles. The zero-order valence-corrected chi connectivity index (χ0v) is 10.0. The number of carbonyl (C=O) groups excluding carboxylic acids is 1. The maximum Gasteiger partial charge on any atom is 0.253 e. The third-order valence-electron chi connectivity index (χ3n) is 2.44. The topological polar surface area (TPSA) is 38.3 Å². The number of aryl methyl sites for hydroxylation is 1. The number of carbonyl (C=O) groups is 1. The molecule has 1 aromatic carbocycles. The van der Waals surface area contributed by atoms with E-state index in [0.29, 0.717) is 6.61 Å². The Bertz CT molecular complexity index is 388. The van der Waals surface area contributed by atoms with Gasteiger partial charge < -0.3 is 10.1 Å². The van der Waals surface area contributed by atoms with Gasteiger partial charge in [-0.3, -0.25) is 4.79 Å². The van der Waals surface area contributed by atoms with E-state index in [9.17, 15) is 4.79 Å². The molecule has 1 heterocycles. The van der Waals surface area contributed by atoms with Crippen LogP contribution < -0.4 is 5.32 Å². The lowest BCUT2D eigenvalue weighted by Gasteiger charge is -2.25. The van der Waals surface area contributed by atoms with Crippen LogP contribution in [0.25, 0.3) is 0 Å². The number of amides is 1. The van der Waals surface area contributed by atoms with Crippen molar-refractivity contribution in [3.8, 4) is 0 Å². The molecule has 0 spiro atoms. The monoisotopic (exact) mass is 269 g/mol. The summed E-state index contributed by atoms with van der Waals surface area (Å²) in [6.07, 6.45) is 0.564. The highest BCUT2D eigenvalue weighted by Gasteiger charge is 2.26. The molecule has 1 fully saturated rings. The predicted octanol–water partition coefficient (Wildman–Crippen LogP) is 2.48. The second-order valence-corrected chi connectivity index (χ2v) is 4.51. The molecule has 1 N–H and O–H groups in total. The Morgan fingerprint density at radius 3 is 2.87 bits per heavy atom. The standard InChI is InChI=1S/C11H12BrNO2/c1-7-6-8(12)2-3-9(7)13-11(14)10-4-5-15-10/h2-3,6,10H,4-5H2,1H3,(H,13,14)/t10-/m1/s1. The summed E-state index contributed by atoms with van der Waals surface area (Å²) >= 11 is 3.38. The van der Waals surface area contributed by atoms with Crippen molar-refractivity contribution in [2.24, 2.45) is 0 Å². The van der Waals surface area contributed by atoms with E-state index in [0.717, 1.165) is 22.1 Å². The van der Waals surface area contributed by atoms with E-state index >= 15 is 0 Å². The van der Waals surface area contributed by atoms with Crippen LogP contribution in [0.5, 0.6) is 0 Å². The summed E-state index contributed by atoms with van der Waals surface area (Å²) in [7, 11) is 0. The normalized spacial score (nSPS) is 19.5. The summed E-state index contributed by atoms with van der Waals surface area (Å²) in [4.78, 5) is 11.6. The summed E-state index contributed by atoms with van der Waals surface area (Å²) in [6.45, 7) is 2.65. The van der Waals surface area contributed by atoms with E-state index in [-0.39, 0.29) is 12.0 Å². The smallest absolute Gasteiger partial charge is 0.253 e. The molecule has 1 aliphatic rings. The number of halogens is 1. The van der Waals surface area contributed by atoms with Crippen LogP contribution in [0.3, 0.4) is 0 Å². The van der Waals surface area contributed by atoms with Crippen LogP contribution in [0.1, 0.15) is 12.0 Å². The van der Waals surface area contributed by atoms with Crippen LogP contribution >= 0.6 is 15.9 Å². The van der Waals surface area contributed by atoms with E-state index in [1.54, 1.807) is 0 Å². The van der Waals surface area contributed by atoms with E-state index in [1.165, 1.54) is 0 Å². The molecule has 0 aromatic heterocycles. The van der Waals surface area contributed by atoms with E-state index in [4.69, 9.17) is 4.74 Å². The highest BCUT2D eigenvalue weighted by atomic mass is 79.9. The van der Waals surface area contributed by atoms with Crippen molar-refractivity contribution in [2.45, 2.75) is 19.4 Å². The van der Waals surface area contributed by atoms with Gasteiger partial charge in [-0.2, -0.15) is 0 Å². The first-order valence-electron chi connectivity index (χ1n) is 4.85. The molecule has 3 nitrogen and oxygen atoms in total. The van der Waals surface area contributed by atoms with Crippen molar-refractivity contribution < 1.29 is 9.53 Å². The number of nitrogens with one attached hydrogen (secondary N) is 1. The van der Waals surface area contributed by atoms with Crippen LogP contribution in [-0.4, -0.2) is 18.6 Å². The second kappa shape index (κ2) is 4.33. The fourth-order valence-corrected chi connectivity index (χ4v) is 1.90. The van der Waals surface area contributed by atoms with Gasteiger partial charge in [-0.15, -0.1) is 0 Å². The third kappa shape index (κ3) is 2.38. The van der Waals surface area contributed by atoms with Gasteiger partial charge in [0, 0.05) is 16.6 Å². The lowest BCUT2D eigenvalue weighted by molar-refractivity contribution is -0.139. The minimum Gasteiger partial charge on any atom is -0.368 e. The van der Waals surface area contributed by atoms with E-state index < -0.39 is 0 Å². The number of benzene rings is 1. The van der Waals surface area contributed by atoms with Gasteiger partial charge in [0.25, 0.3) is 5.91 Å². The Hall–Kier alpha value is -0.870.